The van der Waals surface area contributed by atoms with Crippen LogP contribution in [0.2, 0.25) is 0 Å². The van der Waals surface area contributed by atoms with Crippen LogP contribution in [0.1, 0.15) is 20.8 Å². The Morgan fingerprint density at radius 3 is 2.07 bits per heavy atom. The smallest absolute Gasteiger partial charge is 0.317 e. The fraction of sp³-hybridized carbons (Fsp3) is 0.778. The molecule has 0 aromatic rings. The molecule has 0 aromatic heterocycles. The molecule has 2 N–H and O–H groups in total. The van der Waals surface area contributed by atoms with Crippen LogP contribution in [-0.4, -0.2) is 43.0 Å². The maximum Gasteiger partial charge on any atom is 0.317 e. The van der Waals surface area contributed by atoms with Crippen LogP contribution in [0, 0.1) is 0 Å². The number of urea groups is 1. The van der Waals surface area contributed by atoms with Crippen LogP contribution in [0.3, 0.4) is 0 Å². The highest BCUT2D eigenvalue weighted by Crippen LogP contribution is 1.97. The van der Waals surface area contributed by atoms with Gasteiger partial charge in [0.05, 0.1) is 6.54 Å². The fourth-order valence-electron chi connectivity index (χ4n) is 0.776. The Morgan fingerprint density at radius 2 is 1.71 bits per heavy atom. The summed E-state index contributed by atoms with van der Waals surface area (Å²) in [5.41, 5.74) is -0.264. The van der Waals surface area contributed by atoms with E-state index in [2.05, 4.69) is 10.6 Å². The van der Waals surface area contributed by atoms with E-state index < -0.39 is 0 Å². The minimum absolute atomic E-state index is 0.00822. The standard InChI is InChI=1S/C9H19N3O2/c1-9(2,3)11-7(13)6-10-8(14)12(4)5/h6H2,1-5H3,(H,10,14)(H,11,13). The molecular weight excluding hydrogens is 182 g/mol. The monoisotopic (exact) mass is 201 g/mol. The second kappa shape index (κ2) is 4.83. The molecule has 0 aliphatic rings. The Labute approximate surface area is 84.8 Å². The second-order valence-corrected chi connectivity index (χ2v) is 4.35. The van der Waals surface area contributed by atoms with Gasteiger partial charge in [0.25, 0.3) is 0 Å². The largest absolute Gasteiger partial charge is 0.350 e. The molecule has 0 rings (SSSR count). The molecule has 0 aliphatic heterocycles. The Morgan fingerprint density at radius 1 is 1.21 bits per heavy atom. The van der Waals surface area contributed by atoms with E-state index in [0.29, 0.717) is 0 Å². The minimum Gasteiger partial charge on any atom is -0.350 e. The van der Waals surface area contributed by atoms with E-state index in [0.717, 1.165) is 0 Å². The molecule has 0 radical (unpaired) electrons. The first kappa shape index (κ1) is 12.7. The predicted molar refractivity (Wildman–Crippen MR) is 55.0 cm³/mol. The van der Waals surface area contributed by atoms with Crippen molar-refractivity contribution in [3.63, 3.8) is 0 Å². The zero-order valence-electron chi connectivity index (χ0n) is 9.47. The lowest BCUT2D eigenvalue weighted by molar-refractivity contribution is -0.121. The first-order valence-electron chi connectivity index (χ1n) is 4.48. The molecule has 5 heteroatoms. The normalized spacial score (nSPS) is 10.6. The average Bonchev–Trinajstić information content (AvgIpc) is 1.96. The van der Waals surface area contributed by atoms with E-state index in [1.54, 1.807) is 14.1 Å². The number of carbonyl (C=O) groups is 2. The van der Waals surface area contributed by atoms with Crippen molar-refractivity contribution in [3.05, 3.63) is 0 Å². The molecule has 0 atom stereocenters. The average molecular weight is 201 g/mol. The molecule has 0 fully saturated rings. The van der Waals surface area contributed by atoms with E-state index in [9.17, 15) is 9.59 Å². The fourth-order valence-corrected chi connectivity index (χ4v) is 0.776. The number of hydrogen-bond acceptors (Lipinski definition) is 2. The summed E-state index contributed by atoms with van der Waals surface area (Å²) in [4.78, 5) is 23.7. The lowest BCUT2D eigenvalue weighted by atomic mass is 10.1. The summed E-state index contributed by atoms with van der Waals surface area (Å²) in [5, 5.41) is 5.22. The number of nitrogens with one attached hydrogen (secondary N) is 2. The molecule has 0 unspecified atom stereocenters. The number of carbonyl (C=O) groups excluding carboxylic acids is 2. The van der Waals surface area contributed by atoms with Crippen molar-refractivity contribution in [3.8, 4) is 0 Å². The van der Waals surface area contributed by atoms with E-state index in [1.807, 2.05) is 20.8 Å². The van der Waals surface area contributed by atoms with Crippen LogP contribution >= 0.6 is 0 Å². The van der Waals surface area contributed by atoms with Crippen molar-refractivity contribution in [2.45, 2.75) is 26.3 Å². The molecule has 0 aliphatic carbocycles. The maximum absolute atomic E-state index is 11.2. The molecule has 0 spiro atoms. The van der Waals surface area contributed by atoms with Crippen LogP contribution in [-0.2, 0) is 4.79 Å². The Hall–Kier alpha value is -1.26. The van der Waals surface area contributed by atoms with Crippen LogP contribution in [0.4, 0.5) is 4.79 Å². The second-order valence-electron chi connectivity index (χ2n) is 4.35. The summed E-state index contributed by atoms with van der Waals surface area (Å²) in [6.45, 7) is 5.67. The van der Waals surface area contributed by atoms with Gasteiger partial charge in [0.1, 0.15) is 0 Å². The number of hydrogen-bond donors (Lipinski definition) is 2. The van der Waals surface area contributed by atoms with Gasteiger partial charge in [0.2, 0.25) is 5.91 Å². The van der Waals surface area contributed by atoms with E-state index in [4.69, 9.17) is 0 Å². The molecule has 3 amide bonds. The topological polar surface area (TPSA) is 61.4 Å². The molecule has 0 saturated heterocycles. The highest BCUT2D eigenvalue weighted by molar-refractivity contribution is 5.84. The van der Waals surface area contributed by atoms with E-state index in [-0.39, 0.29) is 24.0 Å². The molecular formula is C9H19N3O2. The van der Waals surface area contributed by atoms with Crippen LogP contribution in [0.5, 0.6) is 0 Å². The maximum atomic E-state index is 11.2. The van der Waals surface area contributed by atoms with Gasteiger partial charge in [-0.1, -0.05) is 0 Å². The quantitative estimate of drug-likeness (QED) is 0.669. The summed E-state index contributed by atoms with van der Waals surface area (Å²) in [6, 6.07) is -0.269. The van der Waals surface area contributed by atoms with Crippen molar-refractivity contribution in [2.24, 2.45) is 0 Å². The van der Waals surface area contributed by atoms with Crippen molar-refractivity contribution in [1.29, 1.82) is 0 Å². The summed E-state index contributed by atoms with van der Waals surface area (Å²) in [7, 11) is 3.24. The molecule has 0 saturated carbocycles. The van der Waals surface area contributed by atoms with Gasteiger partial charge in [0, 0.05) is 19.6 Å². The van der Waals surface area contributed by atoms with Gasteiger partial charge >= 0.3 is 6.03 Å². The van der Waals surface area contributed by atoms with Gasteiger partial charge in [-0.25, -0.2) is 4.79 Å². The Kier molecular flexibility index (Phi) is 4.40. The van der Waals surface area contributed by atoms with Gasteiger partial charge in [-0.2, -0.15) is 0 Å². The van der Waals surface area contributed by atoms with E-state index in [1.165, 1.54) is 4.90 Å². The third kappa shape index (κ3) is 6.28. The van der Waals surface area contributed by atoms with Crippen molar-refractivity contribution in [2.75, 3.05) is 20.6 Å². The highest BCUT2D eigenvalue weighted by atomic mass is 16.2. The number of rotatable bonds is 2. The van der Waals surface area contributed by atoms with Crippen molar-refractivity contribution in [1.82, 2.24) is 15.5 Å². The lowest BCUT2D eigenvalue weighted by Gasteiger charge is -2.21. The van der Waals surface area contributed by atoms with Crippen LogP contribution in [0.25, 0.3) is 0 Å². The van der Waals surface area contributed by atoms with Gasteiger partial charge in [0.15, 0.2) is 0 Å². The summed E-state index contributed by atoms with van der Waals surface area (Å²) >= 11 is 0. The third-order valence-corrected chi connectivity index (χ3v) is 1.32. The summed E-state index contributed by atoms with van der Waals surface area (Å²) in [6.07, 6.45) is 0. The first-order chi connectivity index (χ1) is 6.22. The van der Waals surface area contributed by atoms with Crippen molar-refractivity contribution < 1.29 is 9.59 Å². The molecule has 0 bridgehead atoms. The van der Waals surface area contributed by atoms with Gasteiger partial charge in [-0.3, -0.25) is 4.79 Å². The molecule has 0 aromatic carbocycles. The Bertz CT molecular complexity index is 219. The molecule has 5 nitrogen and oxygen atoms in total. The summed E-state index contributed by atoms with van der Waals surface area (Å²) in [5.74, 6) is -0.187. The zero-order valence-corrected chi connectivity index (χ0v) is 9.47. The predicted octanol–water partition coefficient (Wildman–Crippen LogP) is 0.172. The molecule has 14 heavy (non-hydrogen) atoms. The van der Waals surface area contributed by atoms with E-state index >= 15 is 0 Å². The minimum atomic E-state index is -0.269. The molecule has 82 valence electrons. The SMILES string of the molecule is CN(C)C(=O)NCC(=O)NC(C)(C)C. The van der Waals surface area contributed by atoms with Crippen LogP contribution in [0.15, 0.2) is 0 Å². The Balaban J connectivity index is 3.81. The lowest BCUT2D eigenvalue weighted by Crippen LogP contribution is -2.47. The number of amides is 3. The zero-order chi connectivity index (χ0) is 11.4. The van der Waals surface area contributed by atoms with Gasteiger partial charge < -0.3 is 15.5 Å². The molecule has 0 heterocycles. The van der Waals surface area contributed by atoms with Gasteiger partial charge in [-0.05, 0) is 20.8 Å². The summed E-state index contributed by atoms with van der Waals surface area (Å²) < 4.78 is 0. The first-order valence-corrected chi connectivity index (χ1v) is 4.48. The third-order valence-electron chi connectivity index (χ3n) is 1.32. The van der Waals surface area contributed by atoms with Gasteiger partial charge in [-0.15, -0.1) is 0 Å². The van der Waals surface area contributed by atoms with Crippen LogP contribution < -0.4 is 10.6 Å². The van der Waals surface area contributed by atoms with Crippen molar-refractivity contribution >= 4 is 11.9 Å². The number of nitrogens with zero attached hydrogens (tertiary/aromatic N) is 1. The highest BCUT2D eigenvalue weighted by Gasteiger charge is 2.14.